The number of carbonyl (C=O) groups is 1. The van der Waals surface area contributed by atoms with E-state index in [1.54, 1.807) is 18.2 Å². The fourth-order valence-electron chi connectivity index (χ4n) is 2.48. The highest BCUT2D eigenvalue weighted by molar-refractivity contribution is 7.99. The van der Waals surface area contributed by atoms with Crippen LogP contribution in [-0.2, 0) is 11.2 Å². The Morgan fingerprint density at radius 1 is 1.08 bits per heavy atom. The monoisotopic (exact) mass is 353 g/mol. The van der Waals surface area contributed by atoms with Crippen molar-refractivity contribution in [3.63, 3.8) is 0 Å². The first-order chi connectivity index (χ1) is 12.2. The van der Waals surface area contributed by atoms with Gasteiger partial charge in [-0.1, -0.05) is 54.2 Å². The molecule has 128 valence electrons. The molecule has 0 fully saturated rings. The summed E-state index contributed by atoms with van der Waals surface area (Å²) < 4.78 is 0. The average Bonchev–Trinajstić information content (AvgIpc) is 2.64. The smallest absolute Gasteiger partial charge is 0.259 e. The molecule has 0 spiro atoms. The largest absolute Gasteiger partial charge is 0.355 e. The van der Waals surface area contributed by atoms with Crippen LogP contribution < -0.4 is 10.9 Å². The lowest BCUT2D eigenvalue weighted by Crippen LogP contribution is -2.26. The molecule has 0 aliphatic heterocycles. The van der Waals surface area contributed by atoms with Crippen LogP contribution in [0.4, 0.5) is 0 Å². The van der Waals surface area contributed by atoms with Crippen molar-refractivity contribution < 1.29 is 4.79 Å². The number of para-hydroxylation sites is 1. The summed E-state index contributed by atoms with van der Waals surface area (Å²) in [6.07, 6.45) is 1.83. The number of aromatic nitrogens is 2. The predicted octanol–water partition coefficient (Wildman–Crippen LogP) is 2.76. The molecule has 6 heteroatoms. The summed E-state index contributed by atoms with van der Waals surface area (Å²) in [5, 5.41) is 3.91. The molecule has 2 N–H and O–H groups in total. The fraction of sp³-hybridized carbons (Fsp3) is 0.211. The number of hydrogen-bond acceptors (Lipinski definition) is 4. The van der Waals surface area contributed by atoms with Gasteiger partial charge in [0.1, 0.15) is 0 Å². The molecule has 0 bridgehead atoms. The minimum absolute atomic E-state index is 0.0612. The first kappa shape index (κ1) is 17.2. The van der Waals surface area contributed by atoms with Crippen LogP contribution in [0.5, 0.6) is 0 Å². The van der Waals surface area contributed by atoms with Crippen molar-refractivity contribution in [1.29, 1.82) is 0 Å². The molecule has 3 rings (SSSR count). The standard InChI is InChI=1S/C19H19N3O2S/c23-17(20-12-6-9-14-7-2-1-3-8-14)13-25-19-21-16-11-5-4-10-15(16)18(24)22-19/h1-5,7-8,10-11H,6,9,12-13H2,(H,20,23)(H,21,22,24). The predicted molar refractivity (Wildman–Crippen MR) is 101 cm³/mol. The summed E-state index contributed by atoms with van der Waals surface area (Å²) in [7, 11) is 0. The zero-order valence-electron chi connectivity index (χ0n) is 13.7. The molecule has 5 nitrogen and oxygen atoms in total. The van der Waals surface area contributed by atoms with Crippen LogP contribution in [0.15, 0.2) is 64.5 Å². The molecule has 25 heavy (non-hydrogen) atoms. The molecule has 0 aliphatic rings. The fourth-order valence-corrected chi connectivity index (χ4v) is 3.18. The molecule has 1 amide bonds. The van der Waals surface area contributed by atoms with E-state index in [1.165, 1.54) is 17.3 Å². The highest BCUT2D eigenvalue weighted by Crippen LogP contribution is 2.14. The van der Waals surface area contributed by atoms with Crippen molar-refractivity contribution in [2.75, 3.05) is 12.3 Å². The SMILES string of the molecule is O=C(CSc1nc2ccccc2c(=O)[nH]1)NCCCc1ccccc1. The van der Waals surface area contributed by atoms with Gasteiger partial charge in [0.05, 0.1) is 16.7 Å². The molecule has 0 saturated heterocycles. The third kappa shape index (κ3) is 4.93. The number of amides is 1. The summed E-state index contributed by atoms with van der Waals surface area (Å²) in [4.78, 5) is 31.0. The minimum Gasteiger partial charge on any atom is -0.355 e. The Bertz CT molecular complexity index is 909. The van der Waals surface area contributed by atoms with Gasteiger partial charge in [0.15, 0.2) is 5.16 Å². The van der Waals surface area contributed by atoms with Gasteiger partial charge >= 0.3 is 0 Å². The van der Waals surface area contributed by atoms with Gasteiger partial charge in [0.2, 0.25) is 5.91 Å². The van der Waals surface area contributed by atoms with Crippen LogP contribution in [-0.4, -0.2) is 28.2 Å². The highest BCUT2D eigenvalue weighted by atomic mass is 32.2. The van der Waals surface area contributed by atoms with Gasteiger partial charge < -0.3 is 10.3 Å². The number of hydrogen-bond donors (Lipinski definition) is 2. The van der Waals surface area contributed by atoms with Crippen molar-refractivity contribution in [3.05, 3.63) is 70.5 Å². The number of benzene rings is 2. The Balaban J connectivity index is 1.45. The number of fused-ring (bicyclic) bond motifs is 1. The number of thioether (sulfide) groups is 1. The lowest BCUT2D eigenvalue weighted by Gasteiger charge is -2.06. The lowest BCUT2D eigenvalue weighted by molar-refractivity contribution is -0.118. The van der Waals surface area contributed by atoms with Gasteiger partial charge in [-0.25, -0.2) is 4.98 Å². The van der Waals surface area contributed by atoms with Crippen molar-refractivity contribution in [2.24, 2.45) is 0 Å². The van der Waals surface area contributed by atoms with E-state index in [1.807, 2.05) is 24.3 Å². The quantitative estimate of drug-likeness (QED) is 0.389. The second-order valence-corrected chi connectivity index (χ2v) is 6.58. The van der Waals surface area contributed by atoms with Crippen LogP contribution in [0.3, 0.4) is 0 Å². The number of carbonyl (C=O) groups excluding carboxylic acids is 1. The number of aryl methyl sites for hydroxylation is 1. The van der Waals surface area contributed by atoms with E-state index in [4.69, 9.17) is 0 Å². The molecule has 3 aromatic rings. The maximum absolute atomic E-state index is 12.0. The average molecular weight is 353 g/mol. The Kier molecular flexibility index (Phi) is 5.85. The van der Waals surface area contributed by atoms with Gasteiger partial charge in [-0.2, -0.15) is 0 Å². The molecule has 1 aromatic heterocycles. The zero-order valence-corrected chi connectivity index (χ0v) is 14.5. The summed E-state index contributed by atoms with van der Waals surface area (Å²) in [5.41, 5.74) is 1.72. The van der Waals surface area contributed by atoms with E-state index in [9.17, 15) is 9.59 Å². The second-order valence-electron chi connectivity index (χ2n) is 5.62. The Hall–Kier alpha value is -2.60. The molecule has 0 saturated carbocycles. The van der Waals surface area contributed by atoms with E-state index in [0.717, 1.165) is 12.8 Å². The molecular weight excluding hydrogens is 334 g/mol. The Morgan fingerprint density at radius 3 is 2.68 bits per heavy atom. The zero-order chi connectivity index (χ0) is 17.5. The number of H-pyrrole nitrogens is 1. The minimum atomic E-state index is -0.184. The van der Waals surface area contributed by atoms with Crippen molar-refractivity contribution >= 4 is 28.6 Å². The van der Waals surface area contributed by atoms with E-state index in [0.29, 0.717) is 22.6 Å². The molecule has 0 radical (unpaired) electrons. The second kappa shape index (κ2) is 8.48. The molecule has 0 aliphatic carbocycles. The normalized spacial score (nSPS) is 10.7. The number of rotatable bonds is 7. The molecule has 2 aromatic carbocycles. The van der Waals surface area contributed by atoms with Gasteiger partial charge in [0, 0.05) is 6.54 Å². The van der Waals surface area contributed by atoms with E-state index in [-0.39, 0.29) is 17.2 Å². The van der Waals surface area contributed by atoms with Gasteiger partial charge in [-0.3, -0.25) is 9.59 Å². The molecular formula is C19H19N3O2S. The molecule has 1 heterocycles. The Morgan fingerprint density at radius 2 is 1.84 bits per heavy atom. The van der Waals surface area contributed by atoms with Crippen molar-refractivity contribution in [2.45, 2.75) is 18.0 Å². The van der Waals surface area contributed by atoms with Crippen molar-refractivity contribution in [1.82, 2.24) is 15.3 Å². The summed E-state index contributed by atoms with van der Waals surface area (Å²) in [6.45, 7) is 0.635. The van der Waals surface area contributed by atoms with Crippen molar-refractivity contribution in [3.8, 4) is 0 Å². The van der Waals surface area contributed by atoms with E-state index < -0.39 is 0 Å². The third-order valence-corrected chi connectivity index (χ3v) is 4.61. The number of aromatic amines is 1. The van der Waals surface area contributed by atoms with Crippen LogP contribution in [0, 0.1) is 0 Å². The van der Waals surface area contributed by atoms with Crippen LogP contribution in [0.1, 0.15) is 12.0 Å². The van der Waals surface area contributed by atoms with E-state index in [2.05, 4.69) is 27.4 Å². The van der Waals surface area contributed by atoms with Crippen LogP contribution in [0.25, 0.3) is 10.9 Å². The van der Waals surface area contributed by atoms with Crippen LogP contribution in [0.2, 0.25) is 0 Å². The summed E-state index contributed by atoms with van der Waals surface area (Å²) >= 11 is 1.23. The summed E-state index contributed by atoms with van der Waals surface area (Å²) in [5.74, 6) is 0.168. The lowest BCUT2D eigenvalue weighted by atomic mass is 10.1. The third-order valence-electron chi connectivity index (χ3n) is 3.74. The first-order valence-corrected chi connectivity index (χ1v) is 9.13. The van der Waals surface area contributed by atoms with Crippen LogP contribution >= 0.6 is 11.8 Å². The maximum atomic E-state index is 12.0. The molecule has 0 unspecified atom stereocenters. The molecule has 0 atom stereocenters. The number of nitrogens with zero attached hydrogens (tertiary/aromatic N) is 1. The highest BCUT2D eigenvalue weighted by Gasteiger charge is 2.07. The topological polar surface area (TPSA) is 74.8 Å². The van der Waals surface area contributed by atoms with Gasteiger partial charge in [-0.15, -0.1) is 0 Å². The summed E-state index contributed by atoms with van der Waals surface area (Å²) in [6, 6.07) is 17.3. The number of nitrogens with one attached hydrogen (secondary N) is 2. The maximum Gasteiger partial charge on any atom is 0.259 e. The first-order valence-electron chi connectivity index (χ1n) is 8.15. The Labute approximate surface area is 149 Å². The van der Waals surface area contributed by atoms with E-state index >= 15 is 0 Å². The van der Waals surface area contributed by atoms with Gasteiger partial charge in [-0.05, 0) is 30.5 Å². The van der Waals surface area contributed by atoms with Gasteiger partial charge in [0.25, 0.3) is 5.56 Å².